The van der Waals surface area contributed by atoms with E-state index < -0.39 is 0 Å². The molecule has 60 valence electrons. The van der Waals surface area contributed by atoms with E-state index in [0.29, 0.717) is 0 Å². The zero-order valence-electron chi connectivity index (χ0n) is 6.55. The highest BCUT2D eigenvalue weighted by Crippen LogP contribution is 2.05. The van der Waals surface area contributed by atoms with Crippen LogP contribution in [0.15, 0.2) is 24.7 Å². The van der Waals surface area contributed by atoms with Crippen LogP contribution in [0.3, 0.4) is 0 Å². The van der Waals surface area contributed by atoms with Crippen LogP contribution in [0.4, 0.5) is 0 Å². The summed E-state index contributed by atoms with van der Waals surface area (Å²) in [6, 6.07) is 3.73. The second-order valence-corrected chi connectivity index (χ2v) is 2.33. The molecule has 12 heavy (non-hydrogen) atoms. The van der Waals surface area contributed by atoms with Gasteiger partial charge in [-0.15, -0.1) is 15.0 Å². The Balaban J connectivity index is 2.55. The maximum Gasteiger partial charge on any atom is 0.162 e. The molecule has 5 nitrogen and oxygen atoms in total. The Morgan fingerprint density at radius 1 is 1.42 bits per heavy atom. The van der Waals surface area contributed by atoms with Crippen molar-refractivity contribution < 1.29 is 0 Å². The van der Waals surface area contributed by atoms with Gasteiger partial charge in [-0.05, 0) is 24.3 Å². The van der Waals surface area contributed by atoms with Gasteiger partial charge in [0.05, 0.1) is 5.69 Å². The first kappa shape index (κ1) is 6.90. The Labute approximate surface area is 69.1 Å². The van der Waals surface area contributed by atoms with Crippen molar-refractivity contribution in [2.45, 2.75) is 6.92 Å². The summed E-state index contributed by atoms with van der Waals surface area (Å²) in [5.41, 5.74) is 1.74. The number of nitrogens with zero attached hydrogens (tertiary/aromatic N) is 5. The summed E-state index contributed by atoms with van der Waals surface area (Å²) in [5.74, 6) is 0. The molecule has 0 atom stereocenters. The number of rotatable bonds is 1. The molecule has 0 saturated heterocycles. The van der Waals surface area contributed by atoms with E-state index in [2.05, 4.69) is 20.4 Å². The molecular formula is C7H7N5. The van der Waals surface area contributed by atoms with Crippen LogP contribution in [0, 0.1) is 6.92 Å². The zero-order valence-corrected chi connectivity index (χ0v) is 6.55. The van der Waals surface area contributed by atoms with Gasteiger partial charge in [-0.1, -0.05) is 0 Å². The fourth-order valence-electron chi connectivity index (χ4n) is 0.965. The van der Waals surface area contributed by atoms with Crippen LogP contribution in [-0.4, -0.2) is 25.2 Å². The smallest absolute Gasteiger partial charge is 0.162 e. The van der Waals surface area contributed by atoms with E-state index in [1.807, 2.05) is 19.1 Å². The van der Waals surface area contributed by atoms with Crippen molar-refractivity contribution in [3.63, 3.8) is 0 Å². The van der Waals surface area contributed by atoms with Gasteiger partial charge in [0.2, 0.25) is 0 Å². The van der Waals surface area contributed by atoms with Crippen LogP contribution in [-0.2, 0) is 0 Å². The predicted octanol–water partition coefficient (Wildman–Crippen LogP) is 0.366. The summed E-state index contributed by atoms with van der Waals surface area (Å²) >= 11 is 0. The largest absolute Gasteiger partial charge is 0.259 e. The Hall–Kier alpha value is -1.78. The third-order valence-electron chi connectivity index (χ3n) is 1.54. The van der Waals surface area contributed by atoms with Gasteiger partial charge in [-0.3, -0.25) is 4.98 Å². The maximum atomic E-state index is 4.11. The fraction of sp³-hybridized carbons (Fsp3) is 0.143. The summed E-state index contributed by atoms with van der Waals surface area (Å²) < 4.78 is 0. The molecule has 0 unspecified atom stereocenters. The summed E-state index contributed by atoms with van der Waals surface area (Å²) in [5, 5.41) is 11.3. The molecule has 0 aliphatic rings. The summed E-state index contributed by atoms with van der Waals surface area (Å²) in [4.78, 5) is 5.55. The van der Waals surface area contributed by atoms with E-state index in [0.717, 1.165) is 11.4 Å². The molecular weight excluding hydrogens is 154 g/mol. The molecule has 2 aromatic rings. The van der Waals surface area contributed by atoms with Gasteiger partial charge >= 0.3 is 0 Å². The van der Waals surface area contributed by atoms with E-state index in [4.69, 9.17) is 0 Å². The highest BCUT2D eigenvalue weighted by Gasteiger charge is 2.01. The standard InChI is InChI=1S/C7H7N5/c1-6-7(3-2-4-8-6)12-10-5-9-11-12/h2-5H,1H3. The molecule has 2 rings (SSSR count). The topological polar surface area (TPSA) is 56.5 Å². The van der Waals surface area contributed by atoms with Crippen molar-refractivity contribution in [2.75, 3.05) is 0 Å². The Bertz CT molecular complexity index is 367. The lowest BCUT2D eigenvalue weighted by atomic mass is 10.3. The van der Waals surface area contributed by atoms with E-state index in [-0.39, 0.29) is 0 Å². The Morgan fingerprint density at radius 3 is 3.00 bits per heavy atom. The first-order chi connectivity index (χ1) is 5.88. The van der Waals surface area contributed by atoms with Crippen molar-refractivity contribution in [2.24, 2.45) is 0 Å². The summed E-state index contributed by atoms with van der Waals surface area (Å²) in [6.45, 7) is 1.90. The van der Waals surface area contributed by atoms with Gasteiger partial charge in [0, 0.05) is 6.20 Å². The molecule has 0 bridgehead atoms. The van der Waals surface area contributed by atoms with Gasteiger partial charge in [0.15, 0.2) is 6.33 Å². The number of aryl methyl sites for hydroxylation is 1. The number of hydrogen-bond acceptors (Lipinski definition) is 4. The van der Waals surface area contributed by atoms with Crippen molar-refractivity contribution in [3.05, 3.63) is 30.4 Å². The van der Waals surface area contributed by atoms with E-state index in [1.165, 1.54) is 11.1 Å². The van der Waals surface area contributed by atoms with Crippen LogP contribution < -0.4 is 0 Å². The quantitative estimate of drug-likeness (QED) is 0.606. The average molecular weight is 161 g/mol. The first-order valence-electron chi connectivity index (χ1n) is 3.53. The molecule has 0 radical (unpaired) electrons. The lowest BCUT2D eigenvalue weighted by Crippen LogP contribution is -2.02. The van der Waals surface area contributed by atoms with Gasteiger partial charge in [0.1, 0.15) is 5.69 Å². The van der Waals surface area contributed by atoms with Gasteiger partial charge in [-0.2, -0.15) is 0 Å². The molecule has 0 aliphatic heterocycles. The Morgan fingerprint density at radius 2 is 2.33 bits per heavy atom. The fourth-order valence-corrected chi connectivity index (χ4v) is 0.965. The van der Waals surface area contributed by atoms with E-state index >= 15 is 0 Å². The molecule has 0 N–H and O–H groups in total. The number of hydrogen-bond donors (Lipinski definition) is 0. The van der Waals surface area contributed by atoms with Crippen molar-refractivity contribution in [1.82, 2.24) is 25.2 Å². The van der Waals surface area contributed by atoms with Crippen LogP contribution in [0.25, 0.3) is 5.69 Å². The van der Waals surface area contributed by atoms with Crippen molar-refractivity contribution in [3.8, 4) is 5.69 Å². The van der Waals surface area contributed by atoms with Gasteiger partial charge in [0.25, 0.3) is 0 Å². The van der Waals surface area contributed by atoms with E-state index in [9.17, 15) is 0 Å². The minimum absolute atomic E-state index is 0.856. The second kappa shape index (κ2) is 2.69. The number of pyridine rings is 1. The molecule has 0 saturated carbocycles. The molecule has 0 amide bonds. The van der Waals surface area contributed by atoms with Gasteiger partial charge in [-0.25, -0.2) is 0 Å². The molecule has 2 heterocycles. The SMILES string of the molecule is Cc1ncccc1-n1ncnn1. The van der Waals surface area contributed by atoms with Crippen LogP contribution in [0.1, 0.15) is 5.69 Å². The maximum absolute atomic E-state index is 4.11. The summed E-state index contributed by atoms with van der Waals surface area (Å²) in [6.07, 6.45) is 3.13. The third kappa shape index (κ3) is 1.05. The molecule has 5 heteroatoms. The van der Waals surface area contributed by atoms with Crippen molar-refractivity contribution in [1.29, 1.82) is 0 Å². The van der Waals surface area contributed by atoms with Crippen molar-refractivity contribution >= 4 is 0 Å². The number of tetrazole rings is 1. The normalized spacial score (nSPS) is 10.1. The van der Waals surface area contributed by atoms with Crippen LogP contribution in [0.5, 0.6) is 0 Å². The van der Waals surface area contributed by atoms with Crippen LogP contribution in [0.2, 0.25) is 0 Å². The highest BCUT2D eigenvalue weighted by atomic mass is 15.6. The highest BCUT2D eigenvalue weighted by molar-refractivity contribution is 5.32. The monoisotopic (exact) mass is 161 g/mol. The predicted molar refractivity (Wildman–Crippen MR) is 41.7 cm³/mol. The molecule has 0 aromatic carbocycles. The minimum atomic E-state index is 0.856. The molecule has 0 fully saturated rings. The van der Waals surface area contributed by atoms with Gasteiger partial charge < -0.3 is 0 Å². The Kier molecular flexibility index (Phi) is 1.55. The molecule has 0 spiro atoms. The lowest BCUT2D eigenvalue weighted by molar-refractivity contribution is 0.711. The average Bonchev–Trinajstić information content (AvgIpc) is 2.57. The molecule has 0 aliphatic carbocycles. The minimum Gasteiger partial charge on any atom is -0.259 e. The lowest BCUT2D eigenvalue weighted by Gasteiger charge is -1.99. The number of aromatic nitrogens is 5. The molecule has 2 aromatic heterocycles. The van der Waals surface area contributed by atoms with E-state index in [1.54, 1.807) is 6.20 Å². The summed E-state index contributed by atoms with van der Waals surface area (Å²) in [7, 11) is 0. The first-order valence-corrected chi connectivity index (χ1v) is 3.53. The zero-order chi connectivity index (χ0) is 8.39. The second-order valence-electron chi connectivity index (χ2n) is 2.33. The van der Waals surface area contributed by atoms with Crippen LogP contribution >= 0.6 is 0 Å². The third-order valence-corrected chi connectivity index (χ3v) is 1.54.